The topological polar surface area (TPSA) is 50.2 Å². The Morgan fingerprint density at radius 2 is 2.14 bits per heavy atom. The summed E-state index contributed by atoms with van der Waals surface area (Å²) in [5.41, 5.74) is 1.50. The Balaban J connectivity index is 0.00000242. The molecule has 1 aliphatic heterocycles. The number of aromatic nitrogens is 2. The highest BCUT2D eigenvalue weighted by molar-refractivity contribution is 5.85. The van der Waals surface area contributed by atoms with Crippen molar-refractivity contribution in [1.82, 2.24) is 20.0 Å². The van der Waals surface area contributed by atoms with Crippen LogP contribution in [0.3, 0.4) is 0 Å². The third-order valence-corrected chi connectivity index (χ3v) is 4.12. The minimum atomic E-state index is -2.67. The van der Waals surface area contributed by atoms with Crippen molar-refractivity contribution in [2.24, 2.45) is 0 Å². The maximum atomic E-state index is 12.8. The average molecular weight is 337 g/mol. The molecule has 1 unspecified atom stereocenters. The summed E-state index contributed by atoms with van der Waals surface area (Å²) in [5, 5.41) is 6.92. The van der Waals surface area contributed by atoms with Gasteiger partial charge >= 0.3 is 6.55 Å². The van der Waals surface area contributed by atoms with Gasteiger partial charge in [0.2, 0.25) is 5.91 Å². The molecular formula is C14H23ClF2N4O. The number of aryl methyl sites for hydroxylation is 1. The minimum Gasteiger partial charge on any atom is -0.338 e. The van der Waals surface area contributed by atoms with Gasteiger partial charge in [-0.25, -0.2) is 4.68 Å². The first-order chi connectivity index (χ1) is 9.95. The van der Waals surface area contributed by atoms with Crippen molar-refractivity contribution < 1.29 is 13.6 Å². The van der Waals surface area contributed by atoms with Gasteiger partial charge < -0.3 is 10.2 Å². The van der Waals surface area contributed by atoms with Crippen molar-refractivity contribution in [3.63, 3.8) is 0 Å². The van der Waals surface area contributed by atoms with Crippen molar-refractivity contribution in [1.29, 1.82) is 0 Å². The normalized spacial score (nSPS) is 17.9. The van der Waals surface area contributed by atoms with Crippen LogP contribution in [0, 0.1) is 13.8 Å². The first kappa shape index (κ1) is 18.8. The van der Waals surface area contributed by atoms with E-state index in [9.17, 15) is 13.6 Å². The molecule has 1 aliphatic rings. The van der Waals surface area contributed by atoms with E-state index in [0.717, 1.165) is 25.9 Å². The van der Waals surface area contributed by atoms with E-state index in [2.05, 4.69) is 10.4 Å². The van der Waals surface area contributed by atoms with Crippen LogP contribution in [0.5, 0.6) is 0 Å². The molecule has 0 aromatic carbocycles. The summed E-state index contributed by atoms with van der Waals surface area (Å²) in [6.45, 7) is 2.09. The predicted molar refractivity (Wildman–Crippen MR) is 82.6 cm³/mol. The van der Waals surface area contributed by atoms with Crippen LogP contribution in [0.4, 0.5) is 8.78 Å². The number of alkyl halides is 2. The summed E-state index contributed by atoms with van der Waals surface area (Å²) in [5.74, 6) is -0.00670. The molecule has 1 aromatic heterocycles. The number of rotatable bonds is 5. The van der Waals surface area contributed by atoms with Gasteiger partial charge in [-0.1, -0.05) is 0 Å². The van der Waals surface area contributed by atoms with E-state index in [1.807, 2.05) is 11.9 Å². The third-order valence-electron chi connectivity index (χ3n) is 4.12. The number of likely N-dealkylation sites (N-methyl/N-ethyl adjacent to an activating group) is 1. The van der Waals surface area contributed by atoms with Crippen molar-refractivity contribution in [3.05, 3.63) is 17.0 Å². The number of amides is 1. The number of nitrogens with zero attached hydrogens (tertiary/aromatic N) is 3. The summed E-state index contributed by atoms with van der Waals surface area (Å²) in [6.07, 6.45) is 2.12. The van der Waals surface area contributed by atoms with Crippen molar-refractivity contribution >= 4 is 18.3 Å². The SMILES string of the molecule is CNCC1CCCN1C(=O)Cc1c(C)nn(C(F)F)c1C.Cl. The smallest absolute Gasteiger partial charge is 0.333 e. The molecule has 1 atom stereocenters. The maximum Gasteiger partial charge on any atom is 0.333 e. The standard InChI is InChI=1S/C14H22F2N4O.ClH/c1-9-12(10(2)20(18-9)14(15)16)7-13(21)19-6-4-5-11(19)8-17-3;/h11,14,17H,4-8H2,1-3H3;1H. The molecule has 22 heavy (non-hydrogen) atoms. The first-order valence-electron chi connectivity index (χ1n) is 7.22. The quantitative estimate of drug-likeness (QED) is 0.895. The highest BCUT2D eigenvalue weighted by Crippen LogP contribution is 2.22. The van der Waals surface area contributed by atoms with Crippen LogP contribution in [0.15, 0.2) is 0 Å². The van der Waals surface area contributed by atoms with E-state index in [-0.39, 0.29) is 30.8 Å². The molecule has 0 spiro atoms. The molecule has 0 saturated carbocycles. The summed E-state index contributed by atoms with van der Waals surface area (Å²) in [6, 6.07) is 0.202. The van der Waals surface area contributed by atoms with E-state index in [1.165, 1.54) is 0 Å². The number of likely N-dealkylation sites (tertiary alicyclic amines) is 1. The Labute approximate surface area is 135 Å². The van der Waals surface area contributed by atoms with Crippen molar-refractivity contribution in [3.8, 4) is 0 Å². The van der Waals surface area contributed by atoms with Crippen molar-refractivity contribution in [2.45, 2.75) is 45.7 Å². The first-order valence-corrected chi connectivity index (χ1v) is 7.22. The van der Waals surface area contributed by atoms with Gasteiger partial charge in [0.25, 0.3) is 0 Å². The lowest BCUT2D eigenvalue weighted by molar-refractivity contribution is -0.131. The van der Waals surface area contributed by atoms with Gasteiger partial charge in [0.1, 0.15) is 0 Å². The van der Waals surface area contributed by atoms with Crippen LogP contribution in [-0.2, 0) is 11.2 Å². The maximum absolute atomic E-state index is 12.8. The van der Waals surface area contributed by atoms with E-state index in [1.54, 1.807) is 13.8 Å². The average Bonchev–Trinajstić information content (AvgIpc) is 2.98. The number of halogens is 3. The number of nitrogens with one attached hydrogen (secondary N) is 1. The van der Waals surface area contributed by atoms with E-state index in [4.69, 9.17) is 0 Å². The van der Waals surface area contributed by atoms with Crippen LogP contribution >= 0.6 is 12.4 Å². The summed E-state index contributed by atoms with van der Waals surface area (Å²) in [7, 11) is 1.86. The Hall–Kier alpha value is -1.21. The molecular weight excluding hydrogens is 314 g/mol. The molecule has 2 rings (SSSR count). The molecule has 0 radical (unpaired) electrons. The predicted octanol–water partition coefficient (Wildman–Crippen LogP) is 2.07. The number of hydrogen-bond acceptors (Lipinski definition) is 3. The third kappa shape index (κ3) is 3.76. The van der Waals surface area contributed by atoms with Gasteiger partial charge in [-0.15, -0.1) is 12.4 Å². The second-order valence-corrected chi connectivity index (χ2v) is 5.49. The van der Waals surface area contributed by atoms with Gasteiger partial charge in [-0.2, -0.15) is 13.9 Å². The summed E-state index contributed by atoms with van der Waals surface area (Å²) >= 11 is 0. The molecule has 2 heterocycles. The second kappa shape index (κ2) is 7.87. The highest BCUT2D eigenvalue weighted by Gasteiger charge is 2.29. The Bertz CT molecular complexity index is 521. The summed E-state index contributed by atoms with van der Waals surface area (Å²) in [4.78, 5) is 14.3. The lowest BCUT2D eigenvalue weighted by atomic mass is 10.1. The van der Waals surface area contributed by atoms with Crippen LogP contribution in [0.2, 0.25) is 0 Å². The molecule has 0 bridgehead atoms. The zero-order chi connectivity index (χ0) is 15.6. The van der Waals surface area contributed by atoms with Gasteiger partial charge in [-0.3, -0.25) is 4.79 Å². The van der Waals surface area contributed by atoms with Gasteiger partial charge in [-0.05, 0) is 33.7 Å². The Morgan fingerprint density at radius 1 is 1.45 bits per heavy atom. The highest BCUT2D eigenvalue weighted by atomic mass is 35.5. The zero-order valence-corrected chi connectivity index (χ0v) is 13.9. The van der Waals surface area contributed by atoms with Crippen LogP contribution in [-0.4, -0.2) is 46.8 Å². The Morgan fingerprint density at radius 3 is 2.68 bits per heavy atom. The molecule has 8 heteroatoms. The molecule has 1 aromatic rings. The monoisotopic (exact) mass is 336 g/mol. The fourth-order valence-electron chi connectivity index (χ4n) is 3.01. The molecule has 1 N–H and O–H groups in total. The molecule has 1 fully saturated rings. The van der Waals surface area contributed by atoms with Crippen LogP contribution in [0.1, 0.15) is 36.3 Å². The van der Waals surface area contributed by atoms with Gasteiger partial charge in [0, 0.05) is 30.4 Å². The zero-order valence-electron chi connectivity index (χ0n) is 13.1. The van der Waals surface area contributed by atoms with E-state index >= 15 is 0 Å². The lowest BCUT2D eigenvalue weighted by Gasteiger charge is -2.24. The second-order valence-electron chi connectivity index (χ2n) is 5.49. The van der Waals surface area contributed by atoms with Crippen LogP contribution in [0.25, 0.3) is 0 Å². The molecule has 1 saturated heterocycles. The Kier molecular flexibility index (Phi) is 6.74. The largest absolute Gasteiger partial charge is 0.338 e. The number of hydrogen-bond donors (Lipinski definition) is 1. The minimum absolute atomic E-state index is 0. The summed E-state index contributed by atoms with van der Waals surface area (Å²) < 4.78 is 26.3. The molecule has 1 amide bonds. The van der Waals surface area contributed by atoms with E-state index in [0.29, 0.717) is 21.6 Å². The number of carbonyl (C=O) groups excluding carboxylic acids is 1. The molecule has 126 valence electrons. The number of carbonyl (C=O) groups is 1. The fourth-order valence-corrected chi connectivity index (χ4v) is 3.01. The van der Waals surface area contributed by atoms with Gasteiger partial charge in [0.05, 0.1) is 12.1 Å². The van der Waals surface area contributed by atoms with E-state index < -0.39 is 6.55 Å². The molecule has 0 aliphatic carbocycles. The lowest BCUT2D eigenvalue weighted by Crippen LogP contribution is -2.41. The van der Waals surface area contributed by atoms with Crippen molar-refractivity contribution in [2.75, 3.05) is 20.1 Å². The van der Waals surface area contributed by atoms with Gasteiger partial charge in [0.15, 0.2) is 0 Å². The fraction of sp³-hybridized carbons (Fsp3) is 0.714. The van der Waals surface area contributed by atoms with Crippen LogP contribution < -0.4 is 5.32 Å². The molecule has 5 nitrogen and oxygen atoms in total.